The monoisotopic (exact) mass is 211 g/mol. The maximum atomic E-state index is 5.89. The van der Waals surface area contributed by atoms with Crippen molar-refractivity contribution in [2.24, 2.45) is 5.92 Å². The second-order valence-electron chi connectivity index (χ2n) is 4.04. The third kappa shape index (κ3) is 3.69. The molecule has 2 heteroatoms. The highest BCUT2D eigenvalue weighted by Crippen LogP contribution is 2.11. The van der Waals surface area contributed by atoms with E-state index in [2.05, 4.69) is 32.2 Å². The zero-order chi connectivity index (χ0) is 10.6. The summed E-state index contributed by atoms with van der Waals surface area (Å²) in [5.74, 6) is 0.661. The van der Waals surface area contributed by atoms with Gasteiger partial charge < -0.3 is 5.32 Å². The van der Waals surface area contributed by atoms with Gasteiger partial charge in [-0.3, -0.25) is 0 Å². The van der Waals surface area contributed by atoms with Gasteiger partial charge in [0.1, 0.15) is 0 Å². The van der Waals surface area contributed by atoms with Crippen LogP contribution in [0.3, 0.4) is 0 Å². The normalized spacial score (nSPS) is 13.2. The number of benzene rings is 1. The summed E-state index contributed by atoms with van der Waals surface area (Å²) in [4.78, 5) is 0. The average Bonchev–Trinajstić information content (AvgIpc) is 2.14. The van der Waals surface area contributed by atoms with E-state index in [4.69, 9.17) is 11.6 Å². The van der Waals surface area contributed by atoms with Crippen molar-refractivity contribution in [2.45, 2.75) is 33.4 Å². The van der Waals surface area contributed by atoms with E-state index in [9.17, 15) is 0 Å². The highest BCUT2D eigenvalue weighted by Gasteiger charge is 2.05. The van der Waals surface area contributed by atoms with Crippen LogP contribution in [0.2, 0.25) is 5.02 Å². The molecule has 1 aromatic carbocycles. The van der Waals surface area contributed by atoms with Crippen LogP contribution in [0.4, 0.5) is 0 Å². The van der Waals surface area contributed by atoms with Gasteiger partial charge in [0.2, 0.25) is 0 Å². The van der Waals surface area contributed by atoms with Gasteiger partial charge in [0.15, 0.2) is 0 Å². The Labute approximate surface area is 91.5 Å². The van der Waals surface area contributed by atoms with Crippen LogP contribution in [0, 0.1) is 5.92 Å². The van der Waals surface area contributed by atoms with Crippen molar-refractivity contribution in [3.8, 4) is 0 Å². The van der Waals surface area contributed by atoms with Crippen LogP contribution in [-0.2, 0) is 6.54 Å². The molecule has 0 amide bonds. The first-order valence-electron chi connectivity index (χ1n) is 5.07. The Morgan fingerprint density at radius 2 is 2.00 bits per heavy atom. The fourth-order valence-corrected chi connectivity index (χ4v) is 1.37. The Hall–Kier alpha value is -0.530. The summed E-state index contributed by atoms with van der Waals surface area (Å²) >= 11 is 5.89. The van der Waals surface area contributed by atoms with E-state index in [-0.39, 0.29) is 0 Å². The summed E-state index contributed by atoms with van der Waals surface area (Å²) in [5.41, 5.74) is 1.24. The summed E-state index contributed by atoms with van der Waals surface area (Å²) in [6, 6.07) is 8.51. The topological polar surface area (TPSA) is 12.0 Å². The molecule has 1 N–H and O–H groups in total. The molecule has 0 heterocycles. The molecule has 14 heavy (non-hydrogen) atoms. The van der Waals surface area contributed by atoms with Crippen molar-refractivity contribution in [1.29, 1.82) is 0 Å². The molecule has 78 valence electrons. The number of hydrogen-bond donors (Lipinski definition) is 1. The van der Waals surface area contributed by atoms with E-state index in [0.29, 0.717) is 12.0 Å². The third-order valence-electron chi connectivity index (χ3n) is 2.52. The molecule has 0 aromatic heterocycles. The van der Waals surface area contributed by atoms with Crippen molar-refractivity contribution in [1.82, 2.24) is 5.32 Å². The molecule has 0 spiro atoms. The predicted molar refractivity (Wildman–Crippen MR) is 62.6 cm³/mol. The fraction of sp³-hybridized carbons (Fsp3) is 0.500. The summed E-state index contributed by atoms with van der Waals surface area (Å²) in [6.45, 7) is 7.53. The lowest BCUT2D eigenvalue weighted by molar-refractivity contribution is 0.426. The molecule has 0 bridgehead atoms. The number of nitrogens with one attached hydrogen (secondary N) is 1. The minimum absolute atomic E-state index is 0.536. The minimum atomic E-state index is 0.536. The van der Waals surface area contributed by atoms with Gasteiger partial charge >= 0.3 is 0 Å². The highest BCUT2D eigenvalue weighted by atomic mass is 35.5. The first-order chi connectivity index (χ1) is 6.59. The standard InChI is InChI=1S/C12H18ClN/c1-9(2)10(3)14-8-11-5-4-6-12(13)7-11/h4-7,9-10,14H,8H2,1-3H3. The SMILES string of the molecule is CC(C)C(C)NCc1cccc(Cl)c1. The van der Waals surface area contributed by atoms with Gasteiger partial charge in [0, 0.05) is 17.6 Å². The zero-order valence-electron chi connectivity index (χ0n) is 9.05. The Morgan fingerprint density at radius 3 is 2.57 bits per heavy atom. The first-order valence-corrected chi connectivity index (χ1v) is 5.45. The smallest absolute Gasteiger partial charge is 0.0409 e. The van der Waals surface area contributed by atoms with E-state index < -0.39 is 0 Å². The van der Waals surface area contributed by atoms with E-state index in [0.717, 1.165) is 11.6 Å². The molecule has 0 saturated carbocycles. The van der Waals surface area contributed by atoms with Crippen LogP contribution < -0.4 is 5.32 Å². The van der Waals surface area contributed by atoms with Crippen LogP contribution >= 0.6 is 11.6 Å². The number of rotatable bonds is 4. The number of halogens is 1. The van der Waals surface area contributed by atoms with Crippen LogP contribution in [0.15, 0.2) is 24.3 Å². The molecular formula is C12H18ClN. The van der Waals surface area contributed by atoms with E-state index in [1.165, 1.54) is 5.56 Å². The molecule has 1 rings (SSSR count). The van der Waals surface area contributed by atoms with Crippen molar-refractivity contribution in [3.63, 3.8) is 0 Å². The van der Waals surface area contributed by atoms with Crippen molar-refractivity contribution >= 4 is 11.6 Å². The fourth-order valence-electron chi connectivity index (χ4n) is 1.16. The van der Waals surface area contributed by atoms with E-state index >= 15 is 0 Å². The number of hydrogen-bond acceptors (Lipinski definition) is 1. The molecule has 0 aliphatic rings. The van der Waals surface area contributed by atoms with Gasteiger partial charge in [-0.2, -0.15) is 0 Å². The Bertz CT molecular complexity index is 283. The lowest BCUT2D eigenvalue weighted by atomic mass is 10.1. The zero-order valence-corrected chi connectivity index (χ0v) is 9.81. The van der Waals surface area contributed by atoms with Gasteiger partial charge in [-0.25, -0.2) is 0 Å². The van der Waals surface area contributed by atoms with Crippen molar-refractivity contribution in [2.75, 3.05) is 0 Å². The van der Waals surface area contributed by atoms with Crippen LogP contribution in [0.5, 0.6) is 0 Å². The molecule has 0 radical (unpaired) electrons. The molecule has 1 atom stereocenters. The van der Waals surface area contributed by atoms with Gasteiger partial charge in [0.25, 0.3) is 0 Å². The molecule has 0 fully saturated rings. The summed E-state index contributed by atoms with van der Waals surface area (Å²) in [6.07, 6.45) is 0. The summed E-state index contributed by atoms with van der Waals surface area (Å²) in [7, 11) is 0. The quantitative estimate of drug-likeness (QED) is 0.804. The molecule has 1 unspecified atom stereocenters. The molecule has 0 aliphatic heterocycles. The first kappa shape index (κ1) is 11.5. The molecule has 0 saturated heterocycles. The predicted octanol–water partition coefficient (Wildman–Crippen LogP) is 3.47. The lowest BCUT2D eigenvalue weighted by Gasteiger charge is -2.17. The van der Waals surface area contributed by atoms with Gasteiger partial charge in [-0.05, 0) is 30.5 Å². The molecule has 0 aliphatic carbocycles. The summed E-state index contributed by atoms with van der Waals surface area (Å²) in [5, 5.41) is 4.27. The summed E-state index contributed by atoms with van der Waals surface area (Å²) < 4.78 is 0. The maximum absolute atomic E-state index is 5.89. The molecule has 1 aromatic rings. The Kier molecular flexibility index (Phi) is 4.43. The third-order valence-corrected chi connectivity index (χ3v) is 2.75. The average molecular weight is 212 g/mol. The highest BCUT2D eigenvalue weighted by molar-refractivity contribution is 6.30. The Balaban J connectivity index is 2.45. The largest absolute Gasteiger partial charge is 0.310 e. The maximum Gasteiger partial charge on any atom is 0.0409 e. The second kappa shape index (κ2) is 5.38. The van der Waals surface area contributed by atoms with Crippen LogP contribution in [0.25, 0.3) is 0 Å². The Morgan fingerprint density at radius 1 is 1.29 bits per heavy atom. The van der Waals surface area contributed by atoms with Gasteiger partial charge in [0.05, 0.1) is 0 Å². The van der Waals surface area contributed by atoms with Crippen LogP contribution in [-0.4, -0.2) is 6.04 Å². The molecule has 1 nitrogen and oxygen atoms in total. The van der Waals surface area contributed by atoms with Crippen molar-refractivity contribution in [3.05, 3.63) is 34.9 Å². The van der Waals surface area contributed by atoms with E-state index in [1.54, 1.807) is 0 Å². The lowest BCUT2D eigenvalue weighted by Crippen LogP contribution is -2.30. The minimum Gasteiger partial charge on any atom is -0.310 e. The van der Waals surface area contributed by atoms with Crippen LogP contribution in [0.1, 0.15) is 26.3 Å². The van der Waals surface area contributed by atoms with Gasteiger partial charge in [-0.15, -0.1) is 0 Å². The van der Waals surface area contributed by atoms with Crippen molar-refractivity contribution < 1.29 is 0 Å². The molecular weight excluding hydrogens is 194 g/mol. The second-order valence-corrected chi connectivity index (χ2v) is 4.48. The van der Waals surface area contributed by atoms with E-state index in [1.807, 2.05) is 18.2 Å². The van der Waals surface area contributed by atoms with Gasteiger partial charge in [-0.1, -0.05) is 37.6 Å².